The topological polar surface area (TPSA) is 52.0 Å². The van der Waals surface area contributed by atoms with E-state index in [-0.39, 0.29) is 26.1 Å². The summed E-state index contributed by atoms with van der Waals surface area (Å²) in [5.74, 6) is -0.298. The molecule has 0 N–H and O–H groups in total. The number of hydrogen-bond donors (Lipinski definition) is 0. The Morgan fingerprint density at radius 1 is 1.04 bits per heavy atom. The first-order chi connectivity index (χ1) is 12.2. The molecule has 1 aliphatic carbocycles. The van der Waals surface area contributed by atoms with Gasteiger partial charge in [0.05, 0.1) is 0 Å². The third-order valence-corrected chi connectivity index (χ3v) is 7.18. The molecule has 4 aromatic heterocycles. The second-order valence-corrected chi connectivity index (χ2v) is 8.75. The summed E-state index contributed by atoms with van der Waals surface area (Å²) in [4.78, 5) is 29.0. The van der Waals surface area contributed by atoms with Crippen LogP contribution in [-0.2, 0) is 0 Å². The van der Waals surface area contributed by atoms with Gasteiger partial charge in [0.25, 0.3) is 0 Å². The van der Waals surface area contributed by atoms with Gasteiger partial charge in [0, 0.05) is 0 Å². The quantitative estimate of drug-likeness (QED) is 0.289. The average Bonchev–Trinajstić information content (AvgIpc) is 3.38. The third kappa shape index (κ3) is 2.23. The molecule has 0 aromatic carbocycles. The van der Waals surface area contributed by atoms with Crippen molar-refractivity contribution in [2.75, 3.05) is 0 Å². The average molecular weight is 409 g/mol. The molecular weight excluding hydrogens is 399 g/mol. The number of ketones is 2. The molecule has 0 saturated heterocycles. The molecule has 0 unspecified atom stereocenters. The summed E-state index contributed by atoms with van der Waals surface area (Å²) >= 11 is 1.44. The van der Waals surface area contributed by atoms with E-state index >= 15 is 0 Å². The zero-order valence-corrected chi connectivity index (χ0v) is 15.3. The van der Waals surface area contributed by atoms with Crippen molar-refractivity contribution in [3.63, 3.8) is 0 Å². The minimum atomic E-state index is -0.149. The molecule has 120 valence electrons. The van der Waals surface area contributed by atoms with E-state index in [1.807, 2.05) is 30.6 Å². The molecule has 1 aliphatic rings. The Kier molecular flexibility index (Phi) is 3.25. The van der Waals surface area contributed by atoms with Gasteiger partial charge in [-0.25, -0.2) is 0 Å². The molecule has 25 heavy (non-hydrogen) atoms. The predicted molar refractivity (Wildman–Crippen MR) is 99.0 cm³/mol. The van der Waals surface area contributed by atoms with Gasteiger partial charge in [-0.1, -0.05) is 0 Å². The molecule has 0 saturated carbocycles. The monoisotopic (exact) mass is 410 g/mol. The van der Waals surface area contributed by atoms with Crippen LogP contribution in [0.15, 0.2) is 59.2 Å². The third-order valence-electron chi connectivity index (χ3n) is 4.27. The number of Topliss-reactive ketones (excluding diaryl/α,β-unsaturated/α-hetero) is 2. The van der Waals surface area contributed by atoms with Gasteiger partial charge in [0.2, 0.25) is 0 Å². The van der Waals surface area contributed by atoms with Crippen LogP contribution >= 0.6 is 11.3 Å². The first kappa shape index (κ1) is 14.8. The van der Waals surface area contributed by atoms with Gasteiger partial charge in [-0.15, -0.1) is 0 Å². The summed E-state index contributed by atoms with van der Waals surface area (Å²) < 4.78 is 4.35. The number of carbonyl (C=O) groups excluding carboxylic acids is 2. The second kappa shape index (κ2) is 5.49. The molecule has 5 rings (SSSR count). The van der Waals surface area contributed by atoms with Crippen molar-refractivity contribution in [3.05, 3.63) is 74.8 Å². The summed E-state index contributed by atoms with van der Waals surface area (Å²) in [6, 6.07) is 8.09. The maximum atomic E-state index is 12.4. The van der Waals surface area contributed by atoms with Crippen LogP contribution < -0.4 is 0 Å². The molecule has 0 atom stereocenters. The van der Waals surface area contributed by atoms with Crippen molar-refractivity contribution in [3.8, 4) is 4.56 Å². The molecule has 0 amide bonds. The Morgan fingerprint density at radius 2 is 1.84 bits per heavy atom. The predicted octanol–water partition coefficient (Wildman–Crippen LogP) is 3.61. The first-order valence-corrected chi connectivity index (χ1v) is 10.3. The van der Waals surface area contributed by atoms with E-state index in [4.69, 9.17) is 0 Å². The molecule has 6 heteroatoms. The van der Waals surface area contributed by atoms with E-state index in [1.165, 1.54) is 15.9 Å². The van der Waals surface area contributed by atoms with Gasteiger partial charge in [0.1, 0.15) is 0 Å². The normalized spacial score (nSPS) is 13.7. The van der Waals surface area contributed by atoms with Gasteiger partial charge in [-0.05, 0) is 0 Å². The molecule has 4 nitrogen and oxygen atoms in total. The van der Waals surface area contributed by atoms with Crippen LogP contribution in [0, 0.1) is 0 Å². The van der Waals surface area contributed by atoms with Crippen LogP contribution in [0.1, 0.15) is 25.2 Å². The number of rotatable bonds is 2. The van der Waals surface area contributed by atoms with E-state index in [2.05, 4.69) is 15.6 Å². The van der Waals surface area contributed by atoms with Crippen LogP contribution in [-0.4, -0.2) is 35.6 Å². The summed E-state index contributed by atoms with van der Waals surface area (Å²) in [5, 5.41) is 4.61. The molecule has 4 heterocycles. The van der Waals surface area contributed by atoms with E-state index < -0.39 is 0 Å². The molecule has 0 aliphatic heterocycles. The van der Waals surface area contributed by atoms with E-state index in [9.17, 15) is 9.59 Å². The van der Waals surface area contributed by atoms with Crippen molar-refractivity contribution < 1.29 is 9.59 Å². The summed E-state index contributed by atoms with van der Waals surface area (Å²) in [7, 11) is 0. The van der Waals surface area contributed by atoms with Crippen LogP contribution in [0.25, 0.3) is 21.5 Å². The Morgan fingerprint density at radius 3 is 2.64 bits per heavy atom. The molecule has 4 aromatic rings. The fraction of sp³-hybridized carbons (Fsp3) is 0. The second-order valence-electron chi connectivity index (χ2n) is 5.71. The van der Waals surface area contributed by atoms with Gasteiger partial charge >= 0.3 is 153 Å². The molecule has 0 fully saturated rings. The van der Waals surface area contributed by atoms with Crippen LogP contribution in [0.5, 0.6) is 0 Å². The first-order valence-electron chi connectivity index (χ1n) is 7.61. The number of thiophene rings is 1. The summed E-state index contributed by atoms with van der Waals surface area (Å²) in [5.41, 5.74) is 2.50. The Hall–Kier alpha value is -2.53. The van der Waals surface area contributed by atoms with Gasteiger partial charge < -0.3 is 0 Å². The van der Waals surface area contributed by atoms with E-state index in [1.54, 1.807) is 23.0 Å². The van der Waals surface area contributed by atoms with Crippen LogP contribution in [0.3, 0.4) is 0 Å². The minimum absolute atomic E-state index is 0.0397. The Labute approximate surface area is 152 Å². The number of hydrogen-bond acceptors (Lipinski definition) is 4. The molecule has 0 spiro atoms. The standard InChI is InChI=1S/C19H10N2O2SSe/c22-18-13(19(23)15-10-24-9-14(15)18)7-12-1-2-17(25-12)21-6-4-11-8-20-5-3-16(11)21/h1-10H. The van der Waals surface area contributed by atoms with Crippen molar-refractivity contribution >= 4 is 54.4 Å². The zero-order chi connectivity index (χ0) is 17.0. The zero-order valence-electron chi connectivity index (χ0n) is 12.8. The number of nitrogens with zero attached hydrogens (tertiary/aromatic N) is 2. The number of fused-ring (bicyclic) bond motifs is 2. The number of aromatic nitrogens is 2. The summed E-state index contributed by atoms with van der Waals surface area (Å²) in [6.07, 6.45) is 7.43. The fourth-order valence-electron chi connectivity index (χ4n) is 3.04. The number of allylic oxidation sites excluding steroid dienone is 1. The van der Waals surface area contributed by atoms with Gasteiger partial charge in [-0.3, -0.25) is 0 Å². The van der Waals surface area contributed by atoms with Crippen LogP contribution in [0.2, 0.25) is 0 Å². The molecular formula is C19H10N2O2SSe. The van der Waals surface area contributed by atoms with Crippen molar-refractivity contribution in [1.29, 1.82) is 0 Å². The van der Waals surface area contributed by atoms with E-state index in [0.717, 1.165) is 15.3 Å². The van der Waals surface area contributed by atoms with Gasteiger partial charge in [-0.2, -0.15) is 0 Å². The van der Waals surface area contributed by atoms with Crippen LogP contribution in [0.4, 0.5) is 0 Å². The number of pyridine rings is 1. The SMILES string of the molecule is O=C1C(=Cc2ccc(-n3ccc4cnccc43)[se]2)C(=O)c2cscc21. The van der Waals surface area contributed by atoms with E-state index in [0.29, 0.717) is 16.7 Å². The maximum absolute atomic E-state index is 12.4. The van der Waals surface area contributed by atoms with Gasteiger partial charge in [0.15, 0.2) is 0 Å². The summed E-state index contributed by atoms with van der Waals surface area (Å²) in [6.45, 7) is 0. The Bertz CT molecular complexity index is 1160. The molecule has 0 bridgehead atoms. The fourth-order valence-corrected chi connectivity index (χ4v) is 5.84. The van der Waals surface area contributed by atoms with Crippen molar-refractivity contribution in [2.45, 2.75) is 0 Å². The Balaban J connectivity index is 1.55. The van der Waals surface area contributed by atoms with Crippen molar-refractivity contribution in [1.82, 2.24) is 9.55 Å². The molecule has 0 radical (unpaired) electrons. The number of carbonyl (C=O) groups is 2. The van der Waals surface area contributed by atoms with Crippen molar-refractivity contribution in [2.24, 2.45) is 0 Å².